The van der Waals surface area contributed by atoms with Crippen LogP contribution in [0.1, 0.15) is 26.7 Å². The van der Waals surface area contributed by atoms with E-state index in [4.69, 9.17) is 0 Å². The van der Waals surface area contributed by atoms with Crippen LogP contribution in [0.3, 0.4) is 0 Å². The van der Waals surface area contributed by atoms with Crippen molar-refractivity contribution in [3.05, 3.63) is 0 Å². The Kier molecular flexibility index (Phi) is 2.76. The first-order chi connectivity index (χ1) is 4.22. The van der Waals surface area contributed by atoms with Gasteiger partial charge in [0.2, 0.25) is 0 Å². The number of alkyl halides is 1. The van der Waals surface area contributed by atoms with Gasteiger partial charge in [0.25, 0.3) is 0 Å². The lowest BCUT2D eigenvalue weighted by molar-refractivity contribution is 0.266. The van der Waals surface area contributed by atoms with Crippen LogP contribution in [-0.4, -0.2) is 21.5 Å². The molecule has 0 aromatic heterocycles. The fraction of sp³-hybridized carbons (Fsp3) is 1.00. The SMILES string of the molecule is CC(C)N1CCC[C@H]1I. The van der Waals surface area contributed by atoms with Crippen LogP contribution in [0, 0.1) is 0 Å². The van der Waals surface area contributed by atoms with E-state index in [1.807, 2.05) is 0 Å². The molecule has 0 spiro atoms. The molecule has 1 aliphatic rings. The Labute approximate surface area is 70.9 Å². The molecule has 0 aromatic carbocycles. The van der Waals surface area contributed by atoms with Gasteiger partial charge in [0.1, 0.15) is 0 Å². The first-order valence-electron chi connectivity index (χ1n) is 3.61. The third-order valence-electron chi connectivity index (χ3n) is 1.88. The highest BCUT2D eigenvalue weighted by molar-refractivity contribution is 14.1. The maximum Gasteiger partial charge on any atom is 0.0621 e. The summed E-state index contributed by atoms with van der Waals surface area (Å²) >= 11 is 2.54. The van der Waals surface area contributed by atoms with Crippen molar-refractivity contribution >= 4 is 22.6 Å². The highest BCUT2D eigenvalue weighted by Gasteiger charge is 2.23. The van der Waals surface area contributed by atoms with Gasteiger partial charge < -0.3 is 0 Å². The smallest absolute Gasteiger partial charge is 0.0621 e. The second kappa shape index (κ2) is 3.19. The first kappa shape index (κ1) is 7.79. The van der Waals surface area contributed by atoms with Crippen LogP contribution in [0.2, 0.25) is 0 Å². The topological polar surface area (TPSA) is 3.24 Å². The van der Waals surface area contributed by atoms with Crippen LogP contribution in [-0.2, 0) is 0 Å². The molecule has 0 radical (unpaired) electrons. The first-order valence-corrected chi connectivity index (χ1v) is 4.86. The fourth-order valence-corrected chi connectivity index (χ4v) is 2.69. The Morgan fingerprint density at radius 3 is 2.44 bits per heavy atom. The second-order valence-corrected chi connectivity index (χ2v) is 4.35. The Balaban J connectivity index is 2.40. The molecule has 0 N–H and O–H groups in total. The molecule has 0 amide bonds. The average Bonchev–Trinajstić information content (AvgIpc) is 2.13. The van der Waals surface area contributed by atoms with Gasteiger partial charge >= 0.3 is 0 Å². The lowest BCUT2D eigenvalue weighted by Gasteiger charge is -2.23. The van der Waals surface area contributed by atoms with Crippen molar-refractivity contribution in [1.29, 1.82) is 0 Å². The molecule has 1 heterocycles. The lowest BCUT2D eigenvalue weighted by Crippen LogP contribution is -2.31. The number of hydrogen-bond acceptors (Lipinski definition) is 1. The summed E-state index contributed by atoms with van der Waals surface area (Å²) in [5, 5.41) is 0. The van der Waals surface area contributed by atoms with Crippen molar-refractivity contribution in [3.8, 4) is 0 Å². The third-order valence-corrected chi connectivity index (χ3v) is 3.22. The predicted octanol–water partition coefficient (Wildman–Crippen LogP) is 2.25. The molecule has 1 fully saturated rings. The number of likely N-dealkylation sites (tertiary alicyclic amines) is 1. The van der Waals surface area contributed by atoms with E-state index in [1.54, 1.807) is 0 Å². The third kappa shape index (κ3) is 1.80. The van der Waals surface area contributed by atoms with E-state index in [0.717, 1.165) is 10.1 Å². The summed E-state index contributed by atoms with van der Waals surface area (Å²) in [6, 6.07) is 0.745. The Morgan fingerprint density at radius 1 is 1.56 bits per heavy atom. The summed E-state index contributed by atoms with van der Waals surface area (Å²) < 4.78 is 0.808. The van der Waals surface area contributed by atoms with E-state index in [-0.39, 0.29) is 0 Å². The van der Waals surface area contributed by atoms with Gasteiger partial charge in [0.05, 0.1) is 4.05 Å². The van der Waals surface area contributed by atoms with E-state index >= 15 is 0 Å². The van der Waals surface area contributed by atoms with Gasteiger partial charge in [-0.1, -0.05) is 22.6 Å². The van der Waals surface area contributed by atoms with Crippen molar-refractivity contribution in [2.24, 2.45) is 0 Å². The van der Waals surface area contributed by atoms with Crippen molar-refractivity contribution in [2.75, 3.05) is 6.54 Å². The lowest BCUT2D eigenvalue weighted by atomic mass is 10.3. The van der Waals surface area contributed by atoms with Crippen LogP contribution >= 0.6 is 22.6 Å². The van der Waals surface area contributed by atoms with Gasteiger partial charge in [-0.15, -0.1) is 0 Å². The number of halogens is 1. The van der Waals surface area contributed by atoms with E-state index < -0.39 is 0 Å². The van der Waals surface area contributed by atoms with Crippen LogP contribution in [0.5, 0.6) is 0 Å². The number of hydrogen-bond donors (Lipinski definition) is 0. The molecule has 1 saturated heterocycles. The van der Waals surface area contributed by atoms with Crippen LogP contribution in [0.15, 0.2) is 0 Å². The zero-order valence-electron chi connectivity index (χ0n) is 6.10. The summed E-state index contributed by atoms with van der Waals surface area (Å²) in [5.74, 6) is 0. The molecule has 2 heteroatoms. The van der Waals surface area contributed by atoms with Crippen molar-refractivity contribution in [1.82, 2.24) is 4.90 Å². The molecule has 0 saturated carbocycles. The minimum absolute atomic E-state index is 0.745. The summed E-state index contributed by atoms with van der Waals surface area (Å²) in [6.45, 7) is 5.86. The van der Waals surface area contributed by atoms with E-state index in [1.165, 1.54) is 19.4 Å². The van der Waals surface area contributed by atoms with Crippen LogP contribution in [0.4, 0.5) is 0 Å². The largest absolute Gasteiger partial charge is 0.289 e. The van der Waals surface area contributed by atoms with Crippen LogP contribution < -0.4 is 0 Å². The molecular weight excluding hydrogens is 225 g/mol. The minimum Gasteiger partial charge on any atom is -0.289 e. The summed E-state index contributed by atoms with van der Waals surface area (Å²) in [6.07, 6.45) is 2.78. The van der Waals surface area contributed by atoms with Gasteiger partial charge in [-0.05, 0) is 33.2 Å². The van der Waals surface area contributed by atoms with Crippen molar-refractivity contribution < 1.29 is 0 Å². The Bertz CT molecular complexity index is 92.9. The number of nitrogens with zero attached hydrogens (tertiary/aromatic N) is 1. The van der Waals surface area contributed by atoms with Gasteiger partial charge in [0.15, 0.2) is 0 Å². The molecule has 1 atom stereocenters. The van der Waals surface area contributed by atoms with E-state index in [9.17, 15) is 0 Å². The maximum absolute atomic E-state index is 2.56. The van der Waals surface area contributed by atoms with E-state index in [2.05, 4.69) is 41.3 Å². The zero-order valence-corrected chi connectivity index (χ0v) is 8.26. The molecule has 0 bridgehead atoms. The highest BCUT2D eigenvalue weighted by atomic mass is 127. The van der Waals surface area contributed by atoms with Crippen molar-refractivity contribution in [3.63, 3.8) is 0 Å². The quantitative estimate of drug-likeness (QED) is 0.385. The Hall–Kier alpha value is 0.690. The van der Waals surface area contributed by atoms with Gasteiger partial charge in [-0.2, -0.15) is 0 Å². The van der Waals surface area contributed by atoms with Gasteiger partial charge in [-0.25, -0.2) is 0 Å². The van der Waals surface area contributed by atoms with Crippen LogP contribution in [0.25, 0.3) is 0 Å². The molecular formula is C7H14IN. The molecule has 0 unspecified atom stereocenters. The minimum atomic E-state index is 0.745. The summed E-state index contributed by atoms with van der Waals surface area (Å²) in [5.41, 5.74) is 0. The second-order valence-electron chi connectivity index (χ2n) is 2.91. The normalized spacial score (nSPS) is 30.0. The van der Waals surface area contributed by atoms with Crippen molar-refractivity contribution in [2.45, 2.75) is 36.8 Å². The standard InChI is InChI=1S/C7H14IN/c1-6(2)9-5-3-4-7(9)8/h6-7H,3-5H2,1-2H3/t7-/m0/s1. The summed E-state index contributed by atoms with van der Waals surface area (Å²) in [4.78, 5) is 2.56. The molecule has 0 aliphatic carbocycles. The van der Waals surface area contributed by atoms with Gasteiger partial charge in [0, 0.05) is 6.04 Å². The molecule has 0 aromatic rings. The van der Waals surface area contributed by atoms with E-state index in [0.29, 0.717) is 0 Å². The maximum atomic E-state index is 2.56. The molecule has 1 aliphatic heterocycles. The average molecular weight is 239 g/mol. The Morgan fingerprint density at radius 2 is 2.22 bits per heavy atom. The zero-order chi connectivity index (χ0) is 6.85. The van der Waals surface area contributed by atoms with Gasteiger partial charge in [-0.3, -0.25) is 4.90 Å². The molecule has 54 valence electrons. The summed E-state index contributed by atoms with van der Waals surface area (Å²) in [7, 11) is 0. The number of rotatable bonds is 1. The molecule has 1 nitrogen and oxygen atoms in total. The molecule has 1 rings (SSSR count). The molecule has 9 heavy (non-hydrogen) atoms. The predicted molar refractivity (Wildman–Crippen MR) is 48.9 cm³/mol. The fourth-order valence-electron chi connectivity index (χ4n) is 1.33. The highest BCUT2D eigenvalue weighted by Crippen LogP contribution is 2.24. The monoisotopic (exact) mass is 239 g/mol.